The van der Waals surface area contributed by atoms with E-state index in [-0.39, 0.29) is 0 Å². The number of nitrogens with zero attached hydrogens (tertiary/aromatic N) is 2. The first-order valence-electron chi connectivity index (χ1n) is 8.31. The van der Waals surface area contributed by atoms with Crippen molar-refractivity contribution >= 4 is 23.3 Å². The van der Waals surface area contributed by atoms with Crippen LogP contribution in [0.4, 0.5) is 17.2 Å². The average Bonchev–Trinajstić information content (AvgIpc) is 3.00. The fourth-order valence-corrected chi connectivity index (χ4v) is 3.49. The minimum absolute atomic E-state index is 0.336. The predicted octanol–water partition coefficient (Wildman–Crippen LogP) is 3.54. The third kappa shape index (κ3) is 2.94. The molecule has 2 aliphatic rings. The van der Waals surface area contributed by atoms with Gasteiger partial charge in [-0.05, 0) is 43.0 Å². The summed E-state index contributed by atoms with van der Waals surface area (Å²) in [4.78, 5) is 6.89. The summed E-state index contributed by atoms with van der Waals surface area (Å²) in [6.07, 6.45) is 9.59. The minimum atomic E-state index is 0.336. The third-order valence-corrected chi connectivity index (χ3v) is 4.70. The van der Waals surface area contributed by atoms with Crippen molar-refractivity contribution in [3.63, 3.8) is 0 Å². The van der Waals surface area contributed by atoms with Gasteiger partial charge in [0, 0.05) is 24.3 Å². The first-order chi connectivity index (χ1) is 11.3. The van der Waals surface area contributed by atoms with Crippen molar-refractivity contribution in [1.29, 1.82) is 0 Å². The van der Waals surface area contributed by atoms with Gasteiger partial charge >= 0.3 is 0 Å². The summed E-state index contributed by atoms with van der Waals surface area (Å²) in [5.41, 5.74) is 9.58. The zero-order valence-corrected chi connectivity index (χ0v) is 13.2. The molecular formula is C19H22N4. The second kappa shape index (κ2) is 6.05. The first-order valence-corrected chi connectivity index (χ1v) is 8.31. The van der Waals surface area contributed by atoms with E-state index < -0.39 is 0 Å². The number of nitrogens with two attached hydrogens (primary N) is 1. The number of aromatic nitrogens is 1. The number of pyridine rings is 1. The van der Waals surface area contributed by atoms with E-state index in [2.05, 4.69) is 63.8 Å². The Hall–Kier alpha value is -2.33. The number of benzene rings is 1. The van der Waals surface area contributed by atoms with Crippen LogP contribution in [-0.2, 0) is 0 Å². The molecule has 2 aromatic rings. The molecule has 0 spiro atoms. The van der Waals surface area contributed by atoms with Crippen LogP contribution >= 0.6 is 0 Å². The van der Waals surface area contributed by atoms with Crippen LogP contribution < -0.4 is 16.0 Å². The lowest BCUT2D eigenvalue weighted by Gasteiger charge is -2.28. The van der Waals surface area contributed by atoms with Gasteiger partial charge in [0.2, 0.25) is 0 Å². The Morgan fingerprint density at radius 2 is 2.04 bits per heavy atom. The van der Waals surface area contributed by atoms with Crippen LogP contribution in [0.15, 0.2) is 48.7 Å². The molecule has 0 unspecified atom stereocenters. The number of nitrogens with one attached hydrogen (secondary N) is 1. The highest BCUT2D eigenvalue weighted by atomic mass is 15.1. The molecule has 1 aliphatic carbocycles. The molecule has 3 N–H and O–H groups in total. The van der Waals surface area contributed by atoms with Crippen LogP contribution in [0.5, 0.6) is 0 Å². The number of para-hydroxylation sites is 1. The van der Waals surface area contributed by atoms with E-state index >= 15 is 0 Å². The first kappa shape index (κ1) is 14.3. The summed E-state index contributed by atoms with van der Waals surface area (Å²) in [5.74, 6) is 0.939. The molecule has 4 nitrogen and oxygen atoms in total. The number of hydrogen-bond acceptors (Lipinski definition) is 4. The molecule has 2 atom stereocenters. The van der Waals surface area contributed by atoms with Crippen LogP contribution in [-0.4, -0.2) is 23.6 Å². The molecule has 0 radical (unpaired) electrons. The van der Waals surface area contributed by atoms with Gasteiger partial charge < -0.3 is 16.0 Å². The monoisotopic (exact) mass is 306 g/mol. The lowest BCUT2D eigenvalue weighted by Crippen LogP contribution is -2.22. The van der Waals surface area contributed by atoms with Crippen LogP contribution in [0.25, 0.3) is 6.08 Å². The smallest absolute Gasteiger partial charge is 0.126 e. The predicted molar refractivity (Wildman–Crippen MR) is 96.0 cm³/mol. The molecule has 2 heterocycles. The van der Waals surface area contributed by atoms with Crippen LogP contribution in [0.2, 0.25) is 0 Å². The van der Waals surface area contributed by atoms with Crippen LogP contribution in [0.3, 0.4) is 0 Å². The lowest BCUT2D eigenvalue weighted by atomic mass is 10.1. The quantitative estimate of drug-likeness (QED) is 0.910. The zero-order valence-electron chi connectivity index (χ0n) is 13.2. The molecule has 1 aromatic carbocycles. The number of rotatable bonds is 3. The third-order valence-electron chi connectivity index (χ3n) is 4.70. The lowest BCUT2D eigenvalue weighted by molar-refractivity contribution is 0.686. The van der Waals surface area contributed by atoms with Crippen molar-refractivity contribution in [2.24, 2.45) is 5.73 Å². The van der Waals surface area contributed by atoms with Gasteiger partial charge in [-0.25, -0.2) is 4.98 Å². The Kier molecular flexibility index (Phi) is 3.75. The molecule has 1 aliphatic heterocycles. The molecule has 4 rings (SSSR count). The highest BCUT2D eigenvalue weighted by molar-refractivity contribution is 5.77. The second-order valence-corrected chi connectivity index (χ2v) is 6.39. The molecule has 1 fully saturated rings. The summed E-state index contributed by atoms with van der Waals surface area (Å²) in [6, 6.07) is 13.5. The van der Waals surface area contributed by atoms with E-state index in [0.29, 0.717) is 12.1 Å². The average molecular weight is 306 g/mol. The summed E-state index contributed by atoms with van der Waals surface area (Å²) >= 11 is 0. The van der Waals surface area contributed by atoms with Crippen molar-refractivity contribution in [1.82, 2.24) is 4.98 Å². The van der Waals surface area contributed by atoms with Crippen molar-refractivity contribution in [3.8, 4) is 0 Å². The maximum atomic E-state index is 5.97. The maximum absolute atomic E-state index is 5.97. The summed E-state index contributed by atoms with van der Waals surface area (Å²) in [5, 5.41) is 3.50. The van der Waals surface area contributed by atoms with Gasteiger partial charge in [0.25, 0.3) is 0 Å². The van der Waals surface area contributed by atoms with Crippen molar-refractivity contribution in [2.75, 3.05) is 16.8 Å². The SMILES string of the molecule is N[C@H]1CC[C@H](Nc2ccc(N3CC=Cc4ccccc43)cn2)C1. The minimum Gasteiger partial charge on any atom is -0.367 e. The molecule has 1 saturated carbocycles. The molecule has 0 amide bonds. The van der Waals surface area contributed by atoms with Crippen LogP contribution in [0.1, 0.15) is 24.8 Å². The topological polar surface area (TPSA) is 54.2 Å². The normalized spacial score (nSPS) is 22.9. The second-order valence-electron chi connectivity index (χ2n) is 6.39. The van der Waals surface area contributed by atoms with Gasteiger partial charge in [-0.3, -0.25) is 0 Å². The maximum Gasteiger partial charge on any atom is 0.126 e. The number of fused-ring (bicyclic) bond motifs is 1. The molecule has 0 saturated heterocycles. The van der Waals surface area contributed by atoms with E-state index in [9.17, 15) is 0 Å². The molecule has 1 aromatic heterocycles. The van der Waals surface area contributed by atoms with Crippen LogP contribution in [0, 0.1) is 0 Å². The summed E-state index contributed by atoms with van der Waals surface area (Å²) in [7, 11) is 0. The number of anilines is 3. The van der Waals surface area contributed by atoms with Crippen molar-refractivity contribution in [3.05, 3.63) is 54.2 Å². The Morgan fingerprint density at radius 3 is 2.83 bits per heavy atom. The Labute approximate surface area is 137 Å². The summed E-state index contributed by atoms with van der Waals surface area (Å²) in [6.45, 7) is 0.878. The van der Waals surface area contributed by atoms with Gasteiger partial charge in [0.1, 0.15) is 5.82 Å². The fraction of sp³-hybridized carbons (Fsp3) is 0.316. The molecule has 0 bridgehead atoms. The highest BCUT2D eigenvalue weighted by Crippen LogP contribution is 2.32. The van der Waals surface area contributed by atoms with Gasteiger partial charge in [-0.15, -0.1) is 0 Å². The standard InChI is InChI=1S/C19H22N4/c20-15-7-8-16(12-15)22-19-10-9-17(13-21-19)23-11-3-5-14-4-1-2-6-18(14)23/h1-6,9-10,13,15-16H,7-8,11-12,20H2,(H,21,22)/t15-,16-/m0/s1. The zero-order chi connectivity index (χ0) is 15.6. The van der Waals surface area contributed by atoms with E-state index in [1.165, 1.54) is 11.3 Å². The van der Waals surface area contributed by atoms with Gasteiger partial charge in [0.15, 0.2) is 0 Å². The van der Waals surface area contributed by atoms with Gasteiger partial charge in [-0.1, -0.05) is 30.4 Å². The van der Waals surface area contributed by atoms with E-state index in [1.807, 2.05) is 6.20 Å². The van der Waals surface area contributed by atoms with Gasteiger partial charge in [0.05, 0.1) is 11.9 Å². The van der Waals surface area contributed by atoms with Crippen molar-refractivity contribution in [2.45, 2.75) is 31.3 Å². The van der Waals surface area contributed by atoms with Crippen molar-refractivity contribution < 1.29 is 0 Å². The molecular weight excluding hydrogens is 284 g/mol. The molecule has 118 valence electrons. The Balaban J connectivity index is 1.51. The van der Waals surface area contributed by atoms with E-state index in [4.69, 9.17) is 5.73 Å². The molecule has 4 heteroatoms. The Bertz CT molecular complexity index is 708. The summed E-state index contributed by atoms with van der Waals surface area (Å²) < 4.78 is 0. The fourth-order valence-electron chi connectivity index (χ4n) is 3.49. The Morgan fingerprint density at radius 1 is 1.13 bits per heavy atom. The van der Waals surface area contributed by atoms with Gasteiger partial charge in [-0.2, -0.15) is 0 Å². The molecule has 23 heavy (non-hydrogen) atoms. The van der Waals surface area contributed by atoms with E-state index in [1.54, 1.807) is 0 Å². The number of hydrogen-bond donors (Lipinski definition) is 2. The van der Waals surface area contributed by atoms with E-state index in [0.717, 1.165) is 37.3 Å². The largest absolute Gasteiger partial charge is 0.367 e. The highest BCUT2D eigenvalue weighted by Gasteiger charge is 2.21.